The summed E-state index contributed by atoms with van der Waals surface area (Å²) in [5, 5.41) is 0. The molecule has 3 nitrogen and oxygen atoms in total. The third-order valence-electron chi connectivity index (χ3n) is 4.62. The average Bonchev–Trinajstić information content (AvgIpc) is 2.91. The van der Waals surface area contributed by atoms with Crippen LogP contribution in [0.2, 0.25) is 0 Å². The summed E-state index contributed by atoms with van der Waals surface area (Å²) in [6, 6.07) is 5.71. The first kappa shape index (κ1) is 15.9. The molecule has 0 aromatic heterocycles. The summed E-state index contributed by atoms with van der Waals surface area (Å²) < 4.78 is 11.1. The summed E-state index contributed by atoms with van der Waals surface area (Å²) in [6.45, 7) is 6.30. The van der Waals surface area contributed by atoms with E-state index in [9.17, 15) is 4.79 Å². The second-order valence-electron chi connectivity index (χ2n) is 6.31. The molecule has 1 aliphatic carbocycles. The summed E-state index contributed by atoms with van der Waals surface area (Å²) in [7, 11) is 1.62. The van der Waals surface area contributed by atoms with E-state index in [0.29, 0.717) is 17.2 Å². The highest BCUT2D eigenvalue weighted by molar-refractivity contribution is 5.92. The Kier molecular flexibility index (Phi) is 4.92. The van der Waals surface area contributed by atoms with E-state index in [-0.39, 0.29) is 11.6 Å². The van der Waals surface area contributed by atoms with Crippen molar-refractivity contribution >= 4 is 5.97 Å². The number of hydrogen-bond acceptors (Lipinski definition) is 3. The highest BCUT2D eigenvalue weighted by atomic mass is 16.6. The molecule has 1 fully saturated rings. The zero-order valence-electron chi connectivity index (χ0n) is 13.6. The Morgan fingerprint density at radius 3 is 2.57 bits per heavy atom. The lowest BCUT2D eigenvalue weighted by atomic mass is 9.93. The molecule has 1 atom stereocenters. The van der Waals surface area contributed by atoms with Crippen LogP contribution in [0.3, 0.4) is 0 Å². The molecular formula is C18H26O3. The second-order valence-corrected chi connectivity index (χ2v) is 6.31. The molecule has 116 valence electrons. The number of esters is 1. The topological polar surface area (TPSA) is 35.5 Å². The molecular weight excluding hydrogens is 264 g/mol. The first-order valence-electron chi connectivity index (χ1n) is 7.90. The average molecular weight is 290 g/mol. The van der Waals surface area contributed by atoms with Crippen LogP contribution in [-0.4, -0.2) is 18.7 Å². The summed E-state index contributed by atoms with van der Waals surface area (Å²) in [5.74, 6) is 0.814. The minimum absolute atomic E-state index is 0.214. The Morgan fingerprint density at radius 2 is 2.00 bits per heavy atom. The molecule has 0 saturated heterocycles. The van der Waals surface area contributed by atoms with E-state index >= 15 is 0 Å². The van der Waals surface area contributed by atoms with Gasteiger partial charge in [-0.3, -0.25) is 0 Å². The molecule has 1 unspecified atom stereocenters. The monoisotopic (exact) mass is 290 g/mol. The molecule has 0 N–H and O–H groups in total. The molecule has 3 heteroatoms. The molecule has 0 radical (unpaired) electrons. The van der Waals surface area contributed by atoms with Crippen molar-refractivity contribution in [2.45, 2.75) is 64.4 Å². The van der Waals surface area contributed by atoms with Gasteiger partial charge in [0, 0.05) is 0 Å². The van der Waals surface area contributed by atoms with Gasteiger partial charge in [0.15, 0.2) is 0 Å². The highest BCUT2D eigenvalue weighted by Gasteiger charge is 2.33. The molecule has 1 saturated carbocycles. The van der Waals surface area contributed by atoms with Crippen LogP contribution in [0.4, 0.5) is 0 Å². The van der Waals surface area contributed by atoms with E-state index in [4.69, 9.17) is 9.47 Å². The van der Waals surface area contributed by atoms with Gasteiger partial charge in [0.05, 0.1) is 12.7 Å². The zero-order valence-corrected chi connectivity index (χ0v) is 13.6. The van der Waals surface area contributed by atoms with E-state index in [0.717, 1.165) is 37.7 Å². The van der Waals surface area contributed by atoms with Crippen LogP contribution in [-0.2, 0) is 4.74 Å². The smallest absolute Gasteiger partial charge is 0.339 e. The minimum atomic E-state index is -0.299. The number of benzene rings is 1. The Hall–Kier alpha value is -1.51. The fourth-order valence-corrected chi connectivity index (χ4v) is 2.99. The quantitative estimate of drug-likeness (QED) is 0.737. The Bertz CT molecular complexity index is 501. The zero-order chi connectivity index (χ0) is 15.5. The van der Waals surface area contributed by atoms with Crippen LogP contribution in [0.25, 0.3) is 0 Å². The Morgan fingerprint density at radius 1 is 1.33 bits per heavy atom. The fraction of sp³-hybridized carbons (Fsp3) is 0.611. The van der Waals surface area contributed by atoms with Gasteiger partial charge in [-0.05, 0) is 62.6 Å². The largest absolute Gasteiger partial charge is 0.497 e. The van der Waals surface area contributed by atoms with Gasteiger partial charge < -0.3 is 9.47 Å². The Balaban J connectivity index is 2.29. The normalized spacial score (nSPS) is 18.3. The van der Waals surface area contributed by atoms with Crippen LogP contribution < -0.4 is 4.74 Å². The van der Waals surface area contributed by atoms with E-state index in [1.165, 1.54) is 0 Å². The van der Waals surface area contributed by atoms with Crippen LogP contribution in [0.1, 0.15) is 74.7 Å². The molecule has 1 aromatic carbocycles. The summed E-state index contributed by atoms with van der Waals surface area (Å²) in [5.41, 5.74) is 1.40. The standard InChI is InChI=1S/C18H26O3/c1-5-13(2)15-9-8-14(20-4)12-16(15)17(19)21-18(3)10-6-7-11-18/h8-9,12-13H,5-7,10-11H2,1-4H3. The van der Waals surface area contributed by atoms with Crippen molar-refractivity contribution in [1.82, 2.24) is 0 Å². The predicted octanol–water partition coefficient (Wildman–Crippen LogP) is 4.70. The van der Waals surface area contributed by atoms with Crippen LogP contribution in [0.5, 0.6) is 5.75 Å². The lowest BCUT2D eigenvalue weighted by Crippen LogP contribution is -2.28. The van der Waals surface area contributed by atoms with E-state index < -0.39 is 0 Å². The van der Waals surface area contributed by atoms with Crippen LogP contribution in [0, 0.1) is 0 Å². The van der Waals surface area contributed by atoms with Crippen molar-refractivity contribution in [3.8, 4) is 5.75 Å². The molecule has 0 spiro atoms. The summed E-state index contributed by atoms with van der Waals surface area (Å²) in [6.07, 6.45) is 5.19. The van der Waals surface area contributed by atoms with Gasteiger partial charge in [0.25, 0.3) is 0 Å². The number of rotatable bonds is 5. The van der Waals surface area contributed by atoms with Gasteiger partial charge in [0.1, 0.15) is 11.4 Å². The number of hydrogen-bond donors (Lipinski definition) is 0. The third-order valence-corrected chi connectivity index (χ3v) is 4.62. The first-order chi connectivity index (χ1) is 9.99. The van der Waals surface area contributed by atoms with E-state index in [1.54, 1.807) is 7.11 Å². The lowest BCUT2D eigenvalue weighted by molar-refractivity contribution is -0.00627. The molecule has 2 rings (SSSR count). The van der Waals surface area contributed by atoms with Gasteiger partial charge in [0.2, 0.25) is 0 Å². The first-order valence-corrected chi connectivity index (χ1v) is 7.90. The maximum Gasteiger partial charge on any atom is 0.339 e. The molecule has 1 aliphatic rings. The predicted molar refractivity (Wildman–Crippen MR) is 84.0 cm³/mol. The van der Waals surface area contributed by atoms with Gasteiger partial charge in [-0.25, -0.2) is 4.79 Å². The summed E-state index contributed by atoms with van der Waals surface area (Å²) in [4.78, 5) is 12.6. The van der Waals surface area contributed by atoms with Crippen molar-refractivity contribution in [3.05, 3.63) is 29.3 Å². The number of carbonyl (C=O) groups is 1. The molecule has 0 amide bonds. The maximum absolute atomic E-state index is 12.6. The molecule has 1 aromatic rings. The molecule has 0 bridgehead atoms. The van der Waals surface area contributed by atoms with Gasteiger partial charge in [-0.2, -0.15) is 0 Å². The molecule has 21 heavy (non-hydrogen) atoms. The van der Waals surface area contributed by atoms with Gasteiger partial charge in [-0.15, -0.1) is 0 Å². The maximum atomic E-state index is 12.6. The third kappa shape index (κ3) is 3.58. The SMILES string of the molecule is CCC(C)c1ccc(OC)cc1C(=O)OC1(C)CCCC1. The number of carbonyl (C=O) groups excluding carboxylic acids is 1. The lowest BCUT2D eigenvalue weighted by Gasteiger charge is -2.25. The Labute approximate surface area is 127 Å². The van der Waals surface area contributed by atoms with Crippen molar-refractivity contribution in [2.75, 3.05) is 7.11 Å². The fourth-order valence-electron chi connectivity index (χ4n) is 2.99. The second kappa shape index (κ2) is 6.50. The summed E-state index contributed by atoms with van der Waals surface area (Å²) >= 11 is 0. The van der Waals surface area contributed by atoms with E-state index in [1.807, 2.05) is 25.1 Å². The molecule has 0 heterocycles. The number of methoxy groups -OCH3 is 1. The minimum Gasteiger partial charge on any atom is -0.497 e. The van der Waals surface area contributed by atoms with Gasteiger partial charge >= 0.3 is 5.97 Å². The van der Waals surface area contributed by atoms with Crippen molar-refractivity contribution in [1.29, 1.82) is 0 Å². The van der Waals surface area contributed by atoms with E-state index in [2.05, 4.69) is 13.8 Å². The molecule has 0 aliphatic heterocycles. The van der Waals surface area contributed by atoms with Crippen LogP contribution >= 0.6 is 0 Å². The van der Waals surface area contributed by atoms with Crippen LogP contribution in [0.15, 0.2) is 18.2 Å². The van der Waals surface area contributed by atoms with Gasteiger partial charge in [-0.1, -0.05) is 19.9 Å². The van der Waals surface area contributed by atoms with Crippen molar-refractivity contribution < 1.29 is 14.3 Å². The van der Waals surface area contributed by atoms with Crippen molar-refractivity contribution in [3.63, 3.8) is 0 Å². The van der Waals surface area contributed by atoms with Crippen molar-refractivity contribution in [2.24, 2.45) is 0 Å². The highest BCUT2D eigenvalue weighted by Crippen LogP contribution is 2.35. The number of ether oxygens (including phenoxy) is 2.